The second-order valence-corrected chi connectivity index (χ2v) is 5.07. The van der Waals surface area contributed by atoms with Crippen molar-refractivity contribution in [3.05, 3.63) is 63.4 Å². The highest BCUT2D eigenvalue weighted by molar-refractivity contribution is 6.34. The minimum Gasteiger partial charge on any atom is -0.271 e. The average molecular weight is 318 g/mol. The molecule has 1 aromatic heterocycles. The fraction of sp³-hybridized carbons (Fsp3) is 0.154. The summed E-state index contributed by atoms with van der Waals surface area (Å²) in [5.74, 6) is 4.17. The van der Waals surface area contributed by atoms with Gasteiger partial charge < -0.3 is 0 Å². The Labute approximate surface area is 124 Å². The Bertz CT molecular complexity index is 602. The monoisotopic (exact) mass is 317 g/mol. The number of aromatic nitrogens is 1. The zero-order valence-corrected chi connectivity index (χ0v) is 11.7. The predicted octanol–water partition coefficient (Wildman–Crippen LogP) is 3.41. The summed E-state index contributed by atoms with van der Waals surface area (Å²) in [5, 5.41) is 0.726. The molecule has 3 N–H and O–H groups in total. The number of rotatable bonds is 4. The number of hydrogen-bond acceptors (Lipinski definition) is 3. The van der Waals surface area contributed by atoms with Crippen molar-refractivity contribution in [1.82, 2.24) is 10.4 Å². The molecule has 0 aliphatic heterocycles. The number of pyridine rings is 1. The maximum atomic E-state index is 13.2. The van der Waals surface area contributed by atoms with Gasteiger partial charge in [0, 0.05) is 12.3 Å². The summed E-state index contributed by atoms with van der Waals surface area (Å²) in [6.45, 7) is 0. The van der Waals surface area contributed by atoms with Crippen LogP contribution >= 0.6 is 23.2 Å². The fourth-order valence-corrected chi connectivity index (χ4v) is 2.39. The van der Waals surface area contributed by atoms with Crippen LogP contribution in [0.4, 0.5) is 8.78 Å². The fourth-order valence-electron chi connectivity index (χ4n) is 1.88. The van der Waals surface area contributed by atoms with Gasteiger partial charge in [0.1, 0.15) is 11.6 Å². The van der Waals surface area contributed by atoms with Gasteiger partial charge in [0.25, 0.3) is 0 Å². The molecule has 3 nitrogen and oxygen atoms in total. The van der Waals surface area contributed by atoms with Crippen LogP contribution < -0.4 is 11.3 Å². The van der Waals surface area contributed by atoms with Gasteiger partial charge in [-0.2, -0.15) is 0 Å². The quantitative estimate of drug-likeness (QED) is 0.671. The summed E-state index contributed by atoms with van der Waals surface area (Å²) in [4.78, 5) is 4.10. The summed E-state index contributed by atoms with van der Waals surface area (Å²) in [7, 11) is 0. The Kier molecular flexibility index (Phi) is 4.88. The Morgan fingerprint density at radius 3 is 2.35 bits per heavy atom. The first-order chi connectivity index (χ1) is 9.49. The van der Waals surface area contributed by atoms with Gasteiger partial charge in [0.2, 0.25) is 0 Å². The predicted molar refractivity (Wildman–Crippen MR) is 74.4 cm³/mol. The molecule has 0 amide bonds. The first-order valence-electron chi connectivity index (χ1n) is 5.71. The lowest BCUT2D eigenvalue weighted by atomic mass is 10.0. The molecule has 2 rings (SSSR count). The number of benzene rings is 1. The highest BCUT2D eigenvalue weighted by Crippen LogP contribution is 2.26. The van der Waals surface area contributed by atoms with Crippen LogP contribution in [-0.4, -0.2) is 4.98 Å². The van der Waals surface area contributed by atoms with E-state index in [1.54, 1.807) is 0 Å². The number of hydrazine groups is 1. The Morgan fingerprint density at radius 2 is 1.80 bits per heavy atom. The van der Waals surface area contributed by atoms with Crippen molar-refractivity contribution >= 4 is 23.2 Å². The molecule has 1 unspecified atom stereocenters. The first-order valence-corrected chi connectivity index (χ1v) is 6.47. The maximum Gasteiger partial charge on any atom is 0.126 e. The number of nitrogens with two attached hydrogens (primary N) is 1. The van der Waals surface area contributed by atoms with Crippen LogP contribution in [0.25, 0.3) is 0 Å². The molecule has 0 radical (unpaired) electrons. The van der Waals surface area contributed by atoms with Crippen molar-refractivity contribution in [1.29, 1.82) is 0 Å². The Hall–Kier alpha value is -1.27. The summed E-state index contributed by atoms with van der Waals surface area (Å²) in [6.07, 6.45) is 1.67. The van der Waals surface area contributed by atoms with Gasteiger partial charge in [0.15, 0.2) is 0 Å². The third-order valence-electron chi connectivity index (χ3n) is 2.73. The minimum atomic E-state index is -0.647. The highest BCUT2D eigenvalue weighted by atomic mass is 35.5. The molecule has 1 heterocycles. The van der Waals surface area contributed by atoms with Crippen LogP contribution in [0.1, 0.15) is 17.3 Å². The lowest BCUT2D eigenvalue weighted by molar-refractivity contribution is 0.529. The van der Waals surface area contributed by atoms with E-state index in [1.807, 2.05) is 0 Å². The van der Waals surface area contributed by atoms with Crippen LogP contribution in [0, 0.1) is 11.6 Å². The molecule has 0 saturated heterocycles. The van der Waals surface area contributed by atoms with Crippen molar-refractivity contribution in [3.8, 4) is 0 Å². The lowest BCUT2D eigenvalue weighted by Crippen LogP contribution is -2.30. The zero-order valence-electron chi connectivity index (χ0n) is 10.2. The van der Waals surface area contributed by atoms with Gasteiger partial charge in [-0.05, 0) is 30.2 Å². The number of halogens is 4. The van der Waals surface area contributed by atoms with E-state index < -0.39 is 17.7 Å². The number of nitrogens with zero attached hydrogens (tertiary/aromatic N) is 1. The molecule has 20 heavy (non-hydrogen) atoms. The van der Waals surface area contributed by atoms with E-state index in [0.717, 1.165) is 6.07 Å². The molecule has 106 valence electrons. The molecule has 0 aliphatic rings. The minimum absolute atomic E-state index is 0.236. The van der Waals surface area contributed by atoms with Crippen molar-refractivity contribution in [2.75, 3.05) is 0 Å². The molecule has 1 aromatic carbocycles. The highest BCUT2D eigenvalue weighted by Gasteiger charge is 2.17. The van der Waals surface area contributed by atoms with E-state index >= 15 is 0 Å². The molecular weight excluding hydrogens is 307 g/mol. The van der Waals surface area contributed by atoms with Gasteiger partial charge in [-0.25, -0.2) is 8.78 Å². The molecule has 0 saturated carbocycles. The second kappa shape index (κ2) is 6.45. The zero-order chi connectivity index (χ0) is 14.7. The van der Waals surface area contributed by atoms with E-state index in [9.17, 15) is 8.78 Å². The molecule has 1 atom stereocenters. The van der Waals surface area contributed by atoms with Crippen LogP contribution in [0.3, 0.4) is 0 Å². The number of nitrogens with one attached hydrogen (secondary N) is 1. The Balaban J connectivity index is 2.28. The molecule has 2 aromatic rings. The van der Waals surface area contributed by atoms with E-state index in [0.29, 0.717) is 21.3 Å². The third-order valence-corrected chi connectivity index (χ3v) is 3.24. The van der Waals surface area contributed by atoms with E-state index in [4.69, 9.17) is 29.0 Å². The average Bonchev–Trinajstić information content (AvgIpc) is 2.35. The van der Waals surface area contributed by atoms with Crippen molar-refractivity contribution in [2.24, 2.45) is 5.84 Å². The van der Waals surface area contributed by atoms with Crippen LogP contribution in [0.2, 0.25) is 10.0 Å². The topological polar surface area (TPSA) is 50.9 Å². The molecule has 0 fully saturated rings. The van der Waals surface area contributed by atoms with E-state index in [-0.39, 0.29) is 6.42 Å². The lowest BCUT2D eigenvalue weighted by Gasteiger charge is -2.17. The van der Waals surface area contributed by atoms with Crippen molar-refractivity contribution < 1.29 is 8.78 Å². The van der Waals surface area contributed by atoms with Crippen LogP contribution in [0.15, 0.2) is 30.5 Å². The summed E-state index contributed by atoms with van der Waals surface area (Å²) in [6, 6.07) is 4.32. The van der Waals surface area contributed by atoms with Gasteiger partial charge >= 0.3 is 0 Å². The Morgan fingerprint density at radius 1 is 1.15 bits per heavy atom. The summed E-state index contributed by atoms with van der Waals surface area (Å²) >= 11 is 11.8. The van der Waals surface area contributed by atoms with Gasteiger partial charge in [0.05, 0.1) is 21.8 Å². The first kappa shape index (κ1) is 15.1. The SMILES string of the molecule is NNC(Cc1cc(F)cc(F)c1)c1ncc(Cl)cc1Cl. The number of hydrogen-bond donors (Lipinski definition) is 2. The molecule has 0 spiro atoms. The van der Waals surface area contributed by atoms with Gasteiger partial charge in [-0.1, -0.05) is 23.2 Å². The van der Waals surface area contributed by atoms with Gasteiger partial charge in [-0.15, -0.1) is 0 Å². The second-order valence-electron chi connectivity index (χ2n) is 4.22. The van der Waals surface area contributed by atoms with Crippen LogP contribution in [0.5, 0.6) is 0 Å². The normalized spacial score (nSPS) is 12.4. The molecule has 0 bridgehead atoms. The van der Waals surface area contributed by atoms with E-state index in [1.165, 1.54) is 24.4 Å². The molecule has 0 aliphatic carbocycles. The third kappa shape index (κ3) is 3.64. The summed E-state index contributed by atoms with van der Waals surface area (Å²) < 4.78 is 26.3. The van der Waals surface area contributed by atoms with Crippen LogP contribution in [-0.2, 0) is 6.42 Å². The molecule has 7 heteroatoms. The maximum absolute atomic E-state index is 13.2. The van der Waals surface area contributed by atoms with Gasteiger partial charge in [-0.3, -0.25) is 16.3 Å². The standard InChI is InChI=1S/C13H11Cl2F2N3/c14-8-4-11(15)13(19-6-8)12(20-18)3-7-1-9(16)5-10(17)2-7/h1-2,4-6,12,20H,3,18H2. The van der Waals surface area contributed by atoms with Crippen molar-refractivity contribution in [3.63, 3.8) is 0 Å². The largest absolute Gasteiger partial charge is 0.271 e. The smallest absolute Gasteiger partial charge is 0.126 e. The molecular formula is C13H11Cl2F2N3. The summed E-state index contributed by atoms with van der Waals surface area (Å²) in [5.41, 5.74) is 3.44. The van der Waals surface area contributed by atoms with E-state index in [2.05, 4.69) is 10.4 Å². The van der Waals surface area contributed by atoms with Crippen molar-refractivity contribution in [2.45, 2.75) is 12.5 Å².